The van der Waals surface area contributed by atoms with Crippen LogP contribution in [0.3, 0.4) is 0 Å². The summed E-state index contributed by atoms with van der Waals surface area (Å²) in [5, 5.41) is 5.82. The highest BCUT2D eigenvalue weighted by Crippen LogP contribution is 2.35. The number of piperidine rings is 1. The quantitative estimate of drug-likeness (QED) is 0.317. The molecule has 1 heterocycles. The van der Waals surface area contributed by atoms with Crippen molar-refractivity contribution in [1.29, 1.82) is 0 Å². The first kappa shape index (κ1) is 25.8. The molecular weight excluding hydrogens is 496 g/mol. The maximum Gasteiger partial charge on any atom is 0.390 e. The van der Waals surface area contributed by atoms with Gasteiger partial charge in [-0.2, -0.15) is 13.2 Å². The molecule has 2 rings (SSSR count). The van der Waals surface area contributed by atoms with Gasteiger partial charge in [0.05, 0.1) is 13.5 Å². The molecule has 0 saturated carbocycles. The molecule has 2 N–H and O–H groups in total. The van der Waals surface area contributed by atoms with Crippen molar-refractivity contribution in [2.75, 3.05) is 40.3 Å². The van der Waals surface area contributed by atoms with Gasteiger partial charge in [0, 0.05) is 25.7 Å². The summed E-state index contributed by atoms with van der Waals surface area (Å²) in [6.45, 7) is 3.89. The fourth-order valence-corrected chi connectivity index (χ4v) is 3.65. The van der Waals surface area contributed by atoms with Crippen LogP contribution in [0.5, 0.6) is 5.75 Å². The minimum Gasteiger partial charge on any atom is -0.497 e. The Hall–Kier alpha value is -1.23. The van der Waals surface area contributed by atoms with Crippen LogP contribution < -0.4 is 15.4 Å². The zero-order chi connectivity index (χ0) is 20.6. The van der Waals surface area contributed by atoms with Gasteiger partial charge in [0.15, 0.2) is 5.96 Å². The third-order valence-electron chi connectivity index (χ3n) is 4.99. The number of benzene rings is 1. The van der Waals surface area contributed by atoms with Gasteiger partial charge in [-0.25, -0.2) is 0 Å². The predicted octanol–water partition coefficient (Wildman–Crippen LogP) is 4.20. The number of halogens is 4. The molecule has 1 saturated heterocycles. The van der Waals surface area contributed by atoms with E-state index in [1.54, 1.807) is 7.11 Å². The Balaban J connectivity index is 0.00000420. The lowest BCUT2D eigenvalue weighted by molar-refractivity contribution is -0.132. The van der Waals surface area contributed by atoms with Crippen molar-refractivity contribution in [2.24, 2.45) is 10.9 Å². The molecule has 0 bridgehead atoms. The zero-order valence-corrected chi connectivity index (χ0v) is 19.6. The van der Waals surface area contributed by atoms with Crippen LogP contribution in [-0.2, 0) is 0 Å². The summed E-state index contributed by atoms with van der Waals surface area (Å²) < 4.78 is 42.4. The summed E-state index contributed by atoms with van der Waals surface area (Å²) in [7, 11) is 3.75. The fraction of sp³-hybridized carbons (Fsp3) is 0.650. The minimum atomic E-state index is -4.17. The van der Waals surface area contributed by atoms with Crippen LogP contribution in [0.25, 0.3) is 0 Å². The highest BCUT2D eigenvalue weighted by atomic mass is 127. The molecule has 9 heteroatoms. The Morgan fingerprint density at radius 2 is 1.93 bits per heavy atom. The first-order valence-electron chi connectivity index (χ1n) is 9.77. The van der Waals surface area contributed by atoms with E-state index in [0.29, 0.717) is 25.0 Å². The van der Waals surface area contributed by atoms with Crippen LogP contribution >= 0.6 is 24.0 Å². The van der Waals surface area contributed by atoms with Gasteiger partial charge in [-0.15, -0.1) is 24.0 Å². The summed E-state index contributed by atoms with van der Waals surface area (Å²) in [6, 6.07) is 8.30. The third-order valence-corrected chi connectivity index (χ3v) is 4.99. The standard InChI is InChI=1S/C20H31F3N4O.HI/c1-4-24-19(25-12-11-20(21,22)23)26-14-16-6-5-13-27(2)18(16)15-7-9-17(28-3)10-8-15;/h7-10,16,18H,4-6,11-14H2,1-3H3,(H2,24,25,26);1H. The van der Waals surface area contributed by atoms with Crippen LogP contribution in [0, 0.1) is 5.92 Å². The number of guanidine groups is 1. The maximum absolute atomic E-state index is 12.4. The van der Waals surface area contributed by atoms with Crippen molar-refractivity contribution in [3.8, 4) is 5.75 Å². The number of alkyl halides is 3. The van der Waals surface area contributed by atoms with Gasteiger partial charge in [0.2, 0.25) is 0 Å². The number of likely N-dealkylation sites (tertiary alicyclic amines) is 1. The van der Waals surface area contributed by atoms with E-state index in [4.69, 9.17) is 4.74 Å². The predicted molar refractivity (Wildman–Crippen MR) is 121 cm³/mol. The van der Waals surface area contributed by atoms with E-state index in [-0.39, 0.29) is 36.6 Å². The number of aliphatic imine (C=N–C) groups is 1. The molecule has 1 aromatic carbocycles. The molecule has 2 atom stereocenters. The Kier molecular flexibility index (Phi) is 11.1. The molecule has 0 spiro atoms. The van der Waals surface area contributed by atoms with Gasteiger partial charge >= 0.3 is 6.18 Å². The van der Waals surface area contributed by atoms with Crippen LogP contribution in [0.2, 0.25) is 0 Å². The van der Waals surface area contributed by atoms with Gasteiger partial charge in [0.25, 0.3) is 0 Å². The second kappa shape index (κ2) is 12.5. The molecule has 0 aliphatic carbocycles. The van der Waals surface area contributed by atoms with Gasteiger partial charge in [0.1, 0.15) is 5.75 Å². The molecule has 29 heavy (non-hydrogen) atoms. The highest BCUT2D eigenvalue weighted by molar-refractivity contribution is 14.0. The smallest absolute Gasteiger partial charge is 0.390 e. The van der Waals surface area contributed by atoms with Crippen molar-refractivity contribution in [2.45, 2.75) is 38.4 Å². The topological polar surface area (TPSA) is 48.9 Å². The first-order chi connectivity index (χ1) is 13.3. The maximum atomic E-state index is 12.4. The average molecular weight is 528 g/mol. The van der Waals surface area contributed by atoms with E-state index in [9.17, 15) is 13.2 Å². The molecule has 166 valence electrons. The van der Waals surface area contributed by atoms with Gasteiger partial charge in [-0.05, 0) is 57.0 Å². The molecule has 1 fully saturated rings. The number of methoxy groups -OCH3 is 1. The monoisotopic (exact) mass is 528 g/mol. The van der Waals surface area contributed by atoms with E-state index in [1.165, 1.54) is 5.56 Å². The first-order valence-corrected chi connectivity index (χ1v) is 9.77. The Morgan fingerprint density at radius 3 is 2.52 bits per heavy atom. The number of hydrogen-bond acceptors (Lipinski definition) is 3. The minimum absolute atomic E-state index is 0. The Morgan fingerprint density at radius 1 is 1.24 bits per heavy atom. The summed E-state index contributed by atoms with van der Waals surface area (Å²) in [5.74, 6) is 1.55. The van der Waals surface area contributed by atoms with Crippen molar-refractivity contribution >= 4 is 29.9 Å². The molecule has 5 nitrogen and oxygen atoms in total. The van der Waals surface area contributed by atoms with Crippen molar-refractivity contribution in [3.05, 3.63) is 29.8 Å². The van der Waals surface area contributed by atoms with Crippen molar-refractivity contribution in [1.82, 2.24) is 15.5 Å². The second-order valence-corrected chi connectivity index (χ2v) is 7.11. The van der Waals surface area contributed by atoms with Crippen molar-refractivity contribution in [3.63, 3.8) is 0 Å². The van der Waals surface area contributed by atoms with Crippen LogP contribution in [0.4, 0.5) is 13.2 Å². The van der Waals surface area contributed by atoms with E-state index in [1.807, 2.05) is 19.1 Å². The Bertz CT molecular complexity index is 625. The lowest BCUT2D eigenvalue weighted by Gasteiger charge is -2.39. The van der Waals surface area contributed by atoms with Crippen molar-refractivity contribution < 1.29 is 17.9 Å². The number of nitrogens with one attached hydrogen (secondary N) is 2. The number of nitrogens with zero attached hydrogens (tertiary/aromatic N) is 2. The Labute approximate surface area is 188 Å². The second-order valence-electron chi connectivity index (χ2n) is 7.11. The molecule has 0 aromatic heterocycles. The highest BCUT2D eigenvalue weighted by Gasteiger charge is 2.30. The lowest BCUT2D eigenvalue weighted by Crippen LogP contribution is -2.41. The number of hydrogen-bond donors (Lipinski definition) is 2. The fourth-order valence-electron chi connectivity index (χ4n) is 3.65. The normalized spacial score (nSPS) is 20.7. The molecule has 1 aliphatic heterocycles. The van der Waals surface area contributed by atoms with Gasteiger partial charge in [-0.3, -0.25) is 9.89 Å². The molecule has 1 aliphatic rings. The molecule has 1 aromatic rings. The molecular formula is C20H32F3IN4O. The van der Waals surface area contributed by atoms with Crippen LogP contribution in [0.15, 0.2) is 29.3 Å². The van der Waals surface area contributed by atoms with Gasteiger partial charge < -0.3 is 15.4 Å². The number of rotatable bonds is 7. The van der Waals surface area contributed by atoms with E-state index in [2.05, 4.69) is 39.7 Å². The summed E-state index contributed by atoms with van der Waals surface area (Å²) in [4.78, 5) is 6.91. The SMILES string of the molecule is CCNC(=NCC1CCCN(C)C1c1ccc(OC)cc1)NCCC(F)(F)F.I. The molecule has 0 radical (unpaired) electrons. The molecule has 2 unspecified atom stereocenters. The van der Waals surface area contributed by atoms with E-state index in [0.717, 1.165) is 25.1 Å². The average Bonchev–Trinajstić information content (AvgIpc) is 2.65. The summed E-state index contributed by atoms with van der Waals surface area (Å²) in [5.41, 5.74) is 1.21. The van der Waals surface area contributed by atoms with Crippen LogP contribution in [0.1, 0.15) is 37.8 Å². The lowest BCUT2D eigenvalue weighted by atomic mass is 9.85. The largest absolute Gasteiger partial charge is 0.497 e. The van der Waals surface area contributed by atoms with E-state index < -0.39 is 12.6 Å². The molecule has 0 amide bonds. The summed E-state index contributed by atoms with van der Waals surface area (Å²) in [6.07, 6.45) is -2.93. The summed E-state index contributed by atoms with van der Waals surface area (Å²) >= 11 is 0. The third kappa shape index (κ3) is 8.57. The van der Waals surface area contributed by atoms with E-state index >= 15 is 0 Å². The van der Waals surface area contributed by atoms with Crippen LogP contribution in [-0.4, -0.2) is 57.4 Å². The van der Waals surface area contributed by atoms with Gasteiger partial charge in [-0.1, -0.05) is 12.1 Å². The number of ether oxygens (including phenoxy) is 1. The zero-order valence-electron chi connectivity index (χ0n) is 17.3.